The molecule has 0 aromatic heterocycles. The number of nitrogens with one attached hydrogen (secondary N) is 1. The van der Waals surface area contributed by atoms with Gasteiger partial charge in [-0.1, -0.05) is 0 Å². The Bertz CT molecular complexity index is 372. The van der Waals surface area contributed by atoms with E-state index in [2.05, 4.69) is 27.9 Å². The highest BCUT2D eigenvalue weighted by molar-refractivity contribution is 14.1. The van der Waals surface area contributed by atoms with Gasteiger partial charge < -0.3 is 10.1 Å². The third-order valence-corrected chi connectivity index (χ3v) is 3.53. The molecule has 0 bridgehead atoms. The summed E-state index contributed by atoms with van der Waals surface area (Å²) in [5.74, 6) is 0.0399. The SMILES string of the molecule is O=C(CC1CCCCO1)Nc1ccc(I)cc1. The lowest BCUT2D eigenvalue weighted by Crippen LogP contribution is -2.25. The van der Waals surface area contributed by atoms with Crippen molar-refractivity contribution in [2.45, 2.75) is 31.8 Å². The van der Waals surface area contributed by atoms with Crippen molar-refractivity contribution in [2.24, 2.45) is 0 Å². The smallest absolute Gasteiger partial charge is 0.226 e. The van der Waals surface area contributed by atoms with Gasteiger partial charge in [0.05, 0.1) is 12.5 Å². The van der Waals surface area contributed by atoms with E-state index in [-0.39, 0.29) is 12.0 Å². The summed E-state index contributed by atoms with van der Waals surface area (Å²) in [4.78, 5) is 11.8. The van der Waals surface area contributed by atoms with E-state index in [1.807, 2.05) is 24.3 Å². The highest BCUT2D eigenvalue weighted by atomic mass is 127. The van der Waals surface area contributed by atoms with E-state index in [4.69, 9.17) is 4.74 Å². The van der Waals surface area contributed by atoms with Gasteiger partial charge in [-0.15, -0.1) is 0 Å². The van der Waals surface area contributed by atoms with Crippen molar-refractivity contribution in [1.29, 1.82) is 0 Å². The fourth-order valence-corrected chi connectivity index (χ4v) is 2.28. The molecule has 1 saturated heterocycles. The molecule has 1 aromatic carbocycles. The van der Waals surface area contributed by atoms with Crippen LogP contribution in [0.1, 0.15) is 25.7 Å². The van der Waals surface area contributed by atoms with E-state index < -0.39 is 0 Å². The van der Waals surface area contributed by atoms with Crippen molar-refractivity contribution in [1.82, 2.24) is 0 Å². The lowest BCUT2D eigenvalue weighted by Gasteiger charge is -2.21. The molecule has 1 unspecified atom stereocenters. The minimum Gasteiger partial charge on any atom is -0.378 e. The summed E-state index contributed by atoms with van der Waals surface area (Å²) in [6.07, 6.45) is 3.86. The van der Waals surface area contributed by atoms with Gasteiger partial charge in [0.15, 0.2) is 0 Å². The molecule has 1 aromatic rings. The summed E-state index contributed by atoms with van der Waals surface area (Å²) in [5.41, 5.74) is 0.853. The molecule has 1 N–H and O–H groups in total. The molecule has 0 saturated carbocycles. The monoisotopic (exact) mass is 345 g/mol. The molecule has 1 atom stereocenters. The fraction of sp³-hybridized carbons (Fsp3) is 0.462. The third kappa shape index (κ3) is 4.27. The van der Waals surface area contributed by atoms with Crippen LogP contribution in [0.5, 0.6) is 0 Å². The molecule has 1 aliphatic heterocycles. The van der Waals surface area contributed by atoms with Crippen LogP contribution in [-0.2, 0) is 9.53 Å². The average molecular weight is 345 g/mol. The minimum absolute atomic E-state index is 0.0399. The molecular weight excluding hydrogens is 329 g/mol. The van der Waals surface area contributed by atoms with Gasteiger partial charge in [-0.05, 0) is 66.1 Å². The number of carbonyl (C=O) groups is 1. The second kappa shape index (κ2) is 6.35. The van der Waals surface area contributed by atoms with Crippen LogP contribution in [0.25, 0.3) is 0 Å². The van der Waals surface area contributed by atoms with E-state index >= 15 is 0 Å². The second-order valence-corrected chi connectivity index (χ2v) is 5.49. The molecule has 0 aliphatic carbocycles. The zero-order valence-corrected chi connectivity index (χ0v) is 11.8. The average Bonchev–Trinajstić information content (AvgIpc) is 2.33. The van der Waals surface area contributed by atoms with Crippen LogP contribution in [0.3, 0.4) is 0 Å². The molecule has 3 nitrogen and oxygen atoms in total. The number of benzene rings is 1. The van der Waals surface area contributed by atoms with Crippen molar-refractivity contribution < 1.29 is 9.53 Å². The Balaban J connectivity index is 1.82. The topological polar surface area (TPSA) is 38.3 Å². The first-order valence-electron chi connectivity index (χ1n) is 5.91. The molecule has 1 fully saturated rings. The van der Waals surface area contributed by atoms with Crippen molar-refractivity contribution in [2.75, 3.05) is 11.9 Å². The van der Waals surface area contributed by atoms with Crippen LogP contribution in [0.2, 0.25) is 0 Å². The Morgan fingerprint density at radius 3 is 2.76 bits per heavy atom. The Morgan fingerprint density at radius 1 is 1.35 bits per heavy atom. The summed E-state index contributed by atoms with van der Waals surface area (Å²) in [5, 5.41) is 2.89. The normalized spacial score (nSPS) is 19.9. The number of rotatable bonds is 3. The number of anilines is 1. The Labute approximate surface area is 115 Å². The quantitative estimate of drug-likeness (QED) is 0.855. The van der Waals surface area contributed by atoms with Gasteiger partial charge in [0.2, 0.25) is 5.91 Å². The largest absolute Gasteiger partial charge is 0.378 e. The standard InChI is InChI=1S/C13H16INO2/c14-10-4-6-11(7-5-10)15-13(16)9-12-3-1-2-8-17-12/h4-7,12H,1-3,8-9H2,(H,15,16). The molecule has 1 aliphatic rings. The van der Waals surface area contributed by atoms with Crippen molar-refractivity contribution in [3.8, 4) is 0 Å². The number of halogens is 1. The Hall–Kier alpha value is -0.620. The van der Waals surface area contributed by atoms with E-state index in [0.717, 1.165) is 28.7 Å². The molecule has 1 heterocycles. The lowest BCUT2D eigenvalue weighted by molar-refractivity contribution is -0.119. The van der Waals surface area contributed by atoms with Crippen LogP contribution in [-0.4, -0.2) is 18.6 Å². The zero-order valence-electron chi connectivity index (χ0n) is 9.62. The van der Waals surface area contributed by atoms with Crippen molar-refractivity contribution in [3.05, 3.63) is 27.8 Å². The Kier molecular flexibility index (Phi) is 4.79. The second-order valence-electron chi connectivity index (χ2n) is 4.25. The van der Waals surface area contributed by atoms with Gasteiger partial charge in [-0.3, -0.25) is 4.79 Å². The molecule has 0 spiro atoms. The highest BCUT2D eigenvalue weighted by Gasteiger charge is 2.17. The summed E-state index contributed by atoms with van der Waals surface area (Å²) < 4.78 is 6.71. The van der Waals surface area contributed by atoms with Crippen LogP contribution >= 0.6 is 22.6 Å². The van der Waals surface area contributed by atoms with Crippen molar-refractivity contribution >= 4 is 34.2 Å². The van der Waals surface area contributed by atoms with E-state index in [1.165, 1.54) is 6.42 Å². The predicted octanol–water partition coefficient (Wildman–Crippen LogP) is 3.19. The first-order valence-corrected chi connectivity index (χ1v) is 6.99. The van der Waals surface area contributed by atoms with Crippen LogP contribution in [0, 0.1) is 3.57 Å². The highest BCUT2D eigenvalue weighted by Crippen LogP contribution is 2.17. The number of amides is 1. The first-order chi connectivity index (χ1) is 8.24. The third-order valence-electron chi connectivity index (χ3n) is 2.82. The molecule has 17 heavy (non-hydrogen) atoms. The van der Waals surface area contributed by atoms with Gasteiger partial charge in [0.1, 0.15) is 0 Å². The van der Waals surface area contributed by atoms with E-state index in [0.29, 0.717) is 6.42 Å². The summed E-state index contributed by atoms with van der Waals surface area (Å²) >= 11 is 2.24. The maximum atomic E-state index is 11.8. The number of carbonyl (C=O) groups excluding carboxylic acids is 1. The van der Waals surface area contributed by atoms with Gasteiger partial charge in [-0.2, -0.15) is 0 Å². The first kappa shape index (κ1) is 12.8. The molecule has 0 radical (unpaired) electrons. The molecule has 92 valence electrons. The van der Waals surface area contributed by atoms with E-state index in [9.17, 15) is 4.79 Å². The van der Waals surface area contributed by atoms with Crippen LogP contribution in [0.4, 0.5) is 5.69 Å². The minimum atomic E-state index is 0.0399. The maximum Gasteiger partial charge on any atom is 0.226 e. The lowest BCUT2D eigenvalue weighted by atomic mass is 10.1. The van der Waals surface area contributed by atoms with E-state index in [1.54, 1.807) is 0 Å². The van der Waals surface area contributed by atoms with Gasteiger partial charge >= 0.3 is 0 Å². The van der Waals surface area contributed by atoms with Crippen LogP contribution in [0.15, 0.2) is 24.3 Å². The number of hydrogen-bond acceptors (Lipinski definition) is 2. The summed E-state index contributed by atoms with van der Waals surface area (Å²) in [6, 6.07) is 7.80. The molecular formula is C13H16INO2. The molecule has 1 amide bonds. The predicted molar refractivity (Wildman–Crippen MR) is 76.0 cm³/mol. The van der Waals surface area contributed by atoms with Crippen molar-refractivity contribution in [3.63, 3.8) is 0 Å². The van der Waals surface area contributed by atoms with Crippen LogP contribution < -0.4 is 5.32 Å². The summed E-state index contributed by atoms with van der Waals surface area (Å²) in [7, 11) is 0. The summed E-state index contributed by atoms with van der Waals surface area (Å²) in [6.45, 7) is 0.793. The number of ether oxygens (including phenoxy) is 1. The molecule has 4 heteroatoms. The van der Waals surface area contributed by atoms with Gasteiger partial charge in [-0.25, -0.2) is 0 Å². The maximum absolute atomic E-state index is 11.8. The molecule has 2 rings (SSSR count). The fourth-order valence-electron chi connectivity index (χ4n) is 1.92. The zero-order chi connectivity index (χ0) is 12.1. The number of hydrogen-bond donors (Lipinski definition) is 1. The van der Waals surface area contributed by atoms with Gasteiger partial charge in [0.25, 0.3) is 0 Å². The van der Waals surface area contributed by atoms with Gasteiger partial charge in [0, 0.05) is 15.9 Å². The Morgan fingerprint density at radius 2 is 2.12 bits per heavy atom.